The van der Waals surface area contributed by atoms with E-state index in [4.69, 9.17) is 0 Å². The Morgan fingerprint density at radius 1 is 1.47 bits per heavy atom. The lowest BCUT2D eigenvalue weighted by molar-refractivity contribution is -0.120. The van der Waals surface area contributed by atoms with Crippen molar-refractivity contribution in [3.05, 3.63) is 21.4 Å². The average molecular weight is 249 g/mol. The van der Waals surface area contributed by atoms with Gasteiger partial charge < -0.3 is 5.32 Å². The van der Waals surface area contributed by atoms with E-state index in [1.807, 2.05) is 6.92 Å². The lowest BCUT2D eigenvalue weighted by Crippen LogP contribution is -2.37. The first-order valence-electron chi connectivity index (χ1n) is 5.85. The lowest BCUT2D eigenvalue weighted by Gasteiger charge is -2.02. The zero-order valence-corrected chi connectivity index (χ0v) is 10.7. The Labute approximate surface area is 104 Å². The molecule has 0 aromatic carbocycles. The summed E-state index contributed by atoms with van der Waals surface area (Å²) in [4.78, 5) is 18.7. The fourth-order valence-electron chi connectivity index (χ4n) is 2.03. The summed E-state index contributed by atoms with van der Waals surface area (Å²) in [5.74, 6) is 0.625. The molecule has 0 radical (unpaired) electrons. The molecule has 2 aliphatic rings. The predicted octanol–water partition coefficient (Wildman–Crippen LogP) is 1.64. The molecule has 17 heavy (non-hydrogen) atoms. The van der Waals surface area contributed by atoms with Crippen LogP contribution in [0.15, 0.2) is 11.1 Å². The molecule has 1 atom stereocenters. The summed E-state index contributed by atoms with van der Waals surface area (Å²) in [6, 6.07) is 2.22. The second kappa shape index (κ2) is 3.84. The van der Waals surface area contributed by atoms with Crippen molar-refractivity contribution in [3.8, 4) is 0 Å². The molecule has 1 amide bonds. The Morgan fingerprint density at radius 2 is 2.24 bits per heavy atom. The summed E-state index contributed by atoms with van der Waals surface area (Å²) in [7, 11) is 0. The second-order valence-corrected chi connectivity index (χ2v) is 6.12. The number of aryl methyl sites for hydroxylation is 2. The van der Waals surface area contributed by atoms with E-state index in [1.165, 1.54) is 22.6 Å². The predicted molar refractivity (Wildman–Crippen MR) is 68.3 cm³/mol. The summed E-state index contributed by atoms with van der Waals surface area (Å²) in [6.07, 6.45) is 2.35. The van der Waals surface area contributed by atoms with E-state index in [1.54, 1.807) is 11.3 Å². The molecule has 1 aliphatic carbocycles. The minimum absolute atomic E-state index is 0.0194. The third-order valence-corrected chi connectivity index (χ3v) is 4.02. The third kappa shape index (κ3) is 2.07. The highest BCUT2D eigenvalue weighted by Crippen LogP contribution is 2.30. The largest absolute Gasteiger partial charge is 0.353 e. The van der Waals surface area contributed by atoms with E-state index in [0.717, 1.165) is 5.56 Å². The second-order valence-electron chi connectivity index (χ2n) is 4.66. The van der Waals surface area contributed by atoms with Crippen LogP contribution in [0.2, 0.25) is 0 Å². The van der Waals surface area contributed by atoms with Crippen LogP contribution in [-0.4, -0.2) is 17.9 Å². The van der Waals surface area contributed by atoms with Gasteiger partial charge in [0.2, 0.25) is 0 Å². The Morgan fingerprint density at radius 3 is 2.82 bits per heavy atom. The molecule has 2 N–H and O–H groups in total. The number of carbonyl (C=O) groups excluding carboxylic acids is 1. The first-order chi connectivity index (χ1) is 8.13. The van der Waals surface area contributed by atoms with Gasteiger partial charge in [-0.05, 0) is 38.3 Å². The standard InChI is InChI=1S/C12H15N3OS/c1-6-5-9(7(2)17-6)10-11(16)15-12(14-10)13-8-3-4-8/h5,8,10H,3-4H2,1-2H3,(H2,13,14,15,16). The van der Waals surface area contributed by atoms with Gasteiger partial charge in [0, 0.05) is 15.8 Å². The molecule has 5 heteroatoms. The first kappa shape index (κ1) is 10.8. The van der Waals surface area contributed by atoms with Gasteiger partial charge in [0.25, 0.3) is 5.91 Å². The van der Waals surface area contributed by atoms with Crippen molar-refractivity contribution in [2.45, 2.75) is 38.8 Å². The Hall–Kier alpha value is -1.36. The van der Waals surface area contributed by atoms with E-state index in [0.29, 0.717) is 12.0 Å². The van der Waals surface area contributed by atoms with Crippen molar-refractivity contribution in [3.63, 3.8) is 0 Å². The number of nitrogens with zero attached hydrogens (tertiary/aromatic N) is 1. The van der Waals surface area contributed by atoms with Gasteiger partial charge in [-0.2, -0.15) is 0 Å². The molecule has 1 aromatic rings. The lowest BCUT2D eigenvalue weighted by atomic mass is 10.1. The van der Waals surface area contributed by atoms with Gasteiger partial charge in [-0.3, -0.25) is 10.1 Å². The number of rotatable bonds is 2. The van der Waals surface area contributed by atoms with Crippen molar-refractivity contribution in [2.24, 2.45) is 4.99 Å². The number of aliphatic imine (C=N–C) groups is 1. The molecule has 1 saturated carbocycles. The molecule has 1 aromatic heterocycles. The molecule has 4 nitrogen and oxygen atoms in total. The number of carbonyl (C=O) groups is 1. The molecule has 3 rings (SSSR count). The SMILES string of the molecule is Cc1cc(C2N=C(NC3CC3)NC2=O)c(C)s1. The number of guanidine groups is 1. The molecule has 2 heterocycles. The fourth-order valence-corrected chi connectivity index (χ4v) is 2.99. The normalized spacial score (nSPS) is 23.5. The Bertz CT molecular complexity index is 502. The average Bonchev–Trinajstić information content (AvgIpc) is 2.90. The maximum atomic E-state index is 11.9. The molecule has 1 aliphatic heterocycles. The number of thiophene rings is 1. The number of hydrogen-bond donors (Lipinski definition) is 2. The summed E-state index contributed by atoms with van der Waals surface area (Å²) >= 11 is 1.72. The minimum Gasteiger partial charge on any atom is -0.353 e. The van der Waals surface area contributed by atoms with Crippen molar-refractivity contribution < 1.29 is 4.79 Å². The zero-order valence-electron chi connectivity index (χ0n) is 9.91. The molecular weight excluding hydrogens is 234 g/mol. The summed E-state index contributed by atoms with van der Waals surface area (Å²) in [6.45, 7) is 4.10. The van der Waals surface area contributed by atoms with Crippen LogP contribution in [0.1, 0.15) is 34.2 Å². The van der Waals surface area contributed by atoms with Crippen LogP contribution in [0, 0.1) is 13.8 Å². The molecule has 90 valence electrons. The Balaban J connectivity index is 1.84. The van der Waals surface area contributed by atoms with E-state index in [-0.39, 0.29) is 11.9 Å². The maximum absolute atomic E-state index is 11.9. The third-order valence-electron chi connectivity index (χ3n) is 3.04. The molecule has 1 fully saturated rings. The quantitative estimate of drug-likeness (QED) is 0.837. The van der Waals surface area contributed by atoms with E-state index in [2.05, 4.69) is 28.6 Å². The minimum atomic E-state index is -0.360. The van der Waals surface area contributed by atoms with Crippen LogP contribution < -0.4 is 10.6 Å². The molecule has 0 bridgehead atoms. The molecule has 1 unspecified atom stereocenters. The van der Waals surface area contributed by atoms with Crippen LogP contribution in [0.4, 0.5) is 0 Å². The topological polar surface area (TPSA) is 53.5 Å². The summed E-state index contributed by atoms with van der Waals surface area (Å²) in [5, 5.41) is 6.05. The van der Waals surface area contributed by atoms with Crippen LogP contribution in [-0.2, 0) is 4.79 Å². The monoisotopic (exact) mass is 249 g/mol. The first-order valence-corrected chi connectivity index (χ1v) is 6.67. The van der Waals surface area contributed by atoms with Gasteiger partial charge >= 0.3 is 0 Å². The maximum Gasteiger partial charge on any atom is 0.256 e. The van der Waals surface area contributed by atoms with Gasteiger partial charge in [-0.15, -0.1) is 11.3 Å². The van der Waals surface area contributed by atoms with Gasteiger partial charge in [0.15, 0.2) is 12.0 Å². The van der Waals surface area contributed by atoms with Crippen LogP contribution >= 0.6 is 11.3 Å². The highest BCUT2D eigenvalue weighted by molar-refractivity contribution is 7.12. The summed E-state index contributed by atoms with van der Waals surface area (Å²) < 4.78 is 0. The van der Waals surface area contributed by atoms with Gasteiger partial charge in [0.05, 0.1) is 0 Å². The van der Waals surface area contributed by atoms with Gasteiger partial charge in [-0.25, -0.2) is 4.99 Å². The fraction of sp³-hybridized carbons (Fsp3) is 0.500. The molecular formula is C12H15N3OS. The smallest absolute Gasteiger partial charge is 0.256 e. The molecule has 0 spiro atoms. The van der Waals surface area contributed by atoms with E-state index >= 15 is 0 Å². The molecule has 0 saturated heterocycles. The van der Waals surface area contributed by atoms with E-state index in [9.17, 15) is 4.79 Å². The van der Waals surface area contributed by atoms with Crippen LogP contribution in [0.25, 0.3) is 0 Å². The summed E-state index contributed by atoms with van der Waals surface area (Å²) in [5.41, 5.74) is 1.04. The van der Waals surface area contributed by atoms with Crippen molar-refractivity contribution >= 4 is 23.2 Å². The Kier molecular flexibility index (Phi) is 2.43. The van der Waals surface area contributed by atoms with Gasteiger partial charge in [-0.1, -0.05) is 0 Å². The highest BCUT2D eigenvalue weighted by atomic mass is 32.1. The van der Waals surface area contributed by atoms with Crippen molar-refractivity contribution in [1.29, 1.82) is 0 Å². The highest BCUT2D eigenvalue weighted by Gasteiger charge is 2.32. The number of hydrogen-bond acceptors (Lipinski definition) is 4. The number of nitrogens with one attached hydrogen (secondary N) is 2. The van der Waals surface area contributed by atoms with Crippen LogP contribution in [0.5, 0.6) is 0 Å². The van der Waals surface area contributed by atoms with E-state index < -0.39 is 0 Å². The van der Waals surface area contributed by atoms with Gasteiger partial charge in [0.1, 0.15) is 0 Å². The van der Waals surface area contributed by atoms with Crippen LogP contribution in [0.3, 0.4) is 0 Å². The number of amides is 1. The van der Waals surface area contributed by atoms with Crippen molar-refractivity contribution in [2.75, 3.05) is 0 Å². The zero-order chi connectivity index (χ0) is 12.0. The van der Waals surface area contributed by atoms with Crippen molar-refractivity contribution in [1.82, 2.24) is 10.6 Å².